The van der Waals surface area contributed by atoms with Crippen LogP contribution in [0, 0.1) is 0 Å². The van der Waals surface area contributed by atoms with Gasteiger partial charge in [0.25, 0.3) is 20.1 Å². The number of rotatable bonds is 2. The summed E-state index contributed by atoms with van der Waals surface area (Å²) in [4.78, 5) is 10.0. The number of hydrogen-bond donors (Lipinski definition) is 0. The lowest BCUT2D eigenvalue weighted by atomic mass is 9.30. The lowest BCUT2D eigenvalue weighted by Crippen LogP contribution is -2.65. The third kappa shape index (κ3) is 4.49. The van der Waals surface area contributed by atoms with Crippen LogP contribution in [0.2, 0.25) is 0 Å². The van der Waals surface area contributed by atoms with Gasteiger partial charge in [-0.2, -0.15) is 0 Å². The first-order valence-electron chi connectivity index (χ1n) is 21.5. The first kappa shape index (κ1) is 33.6. The number of benzene rings is 8. The largest absolute Gasteiger partial charge is 0.458 e. The predicted octanol–water partition coefficient (Wildman–Crippen LogP) is 6.62. The summed E-state index contributed by atoms with van der Waals surface area (Å²) >= 11 is 0. The second-order valence-corrected chi connectivity index (χ2v) is 16.9. The summed E-state index contributed by atoms with van der Waals surface area (Å²) < 4.78 is 27.0. The van der Waals surface area contributed by atoms with Crippen LogP contribution in [0.3, 0.4) is 0 Å². The van der Waals surface area contributed by atoms with Crippen molar-refractivity contribution in [2.24, 2.45) is 0 Å². The van der Waals surface area contributed by atoms with E-state index in [-0.39, 0.29) is 20.1 Å². The Bertz CT molecular complexity index is 3250. The summed E-state index contributed by atoms with van der Waals surface area (Å²) in [7, 11) is 0. The van der Waals surface area contributed by atoms with Crippen LogP contribution in [-0.4, -0.2) is 25.1 Å². The molecule has 0 radical (unpaired) electrons. The Kier molecular flexibility index (Phi) is 6.54. The highest BCUT2D eigenvalue weighted by Crippen LogP contribution is 2.46. The summed E-state index contributed by atoms with van der Waals surface area (Å²) in [5.41, 5.74) is 15.3. The molecule has 1 aromatic heterocycles. The zero-order valence-corrected chi connectivity index (χ0v) is 33.5. The van der Waals surface area contributed by atoms with Gasteiger partial charge in [-0.3, -0.25) is 4.90 Å². The van der Waals surface area contributed by atoms with Crippen LogP contribution in [0.5, 0.6) is 46.0 Å². The highest BCUT2D eigenvalue weighted by Gasteiger charge is 2.49. The van der Waals surface area contributed by atoms with E-state index in [1.807, 2.05) is 30.5 Å². The number of fused-ring (bicyclic) bond motifs is 12. The van der Waals surface area contributed by atoms with Crippen LogP contribution in [0.25, 0.3) is 0 Å². The monoisotopic (exact) mass is 805 g/mol. The molecule has 0 atom stereocenters. The highest BCUT2D eigenvalue weighted by atomic mass is 16.5. The molecule has 9 aromatic rings. The van der Waals surface area contributed by atoms with E-state index in [1.165, 1.54) is 10.9 Å². The van der Waals surface area contributed by atoms with Crippen molar-refractivity contribution in [3.63, 3.8) is 0 Å². The van der Waals surface area contributed by atoms with Gasteiger partial charge in [-0.25, -0.2) is 4.98 Å². The standard InChI is InChI=1S/C53H30B3N3O4/c1-3-13-31(14-4-1)58-39-25-26-57-53-50(39)56(35-27-37-48(29-40(35)58)62-46-23-11-21-44-51(46)54(37)33-17-7-9-19-42(33)60-44)36-28-38-49(30-41(36)59(53)32-15-5-2-6-16-32)63-47-24-12-22-45-52(47)55(38)34-18-8-10-20-43(34)61-45/h1-30H. The van der Waals surface area contributed by atoms with Gasteiger partial charge in [0.1, 0.15) is 51.8 Å². The van der Waals surface area contributed by atoms with Crippen molar-refractivity contribution in [1.29, 1.82) is 0 Å². The smallest absolute Gasteiger partial charge is 0.260 e. The predicted molar refractivity (Wildman–Crippen MR) is 254 cm³/mol. The molecular formula is C53H30B3N3O4. The van der Waals surface area contributed by atoms with Crippen molar-refractivity contribution in [1.82, 2.24) is 4.98 Å². The average Bonchev–Trinajstić information content (AvgIpc) is 3.33. The maximum absolute atomic E-state index is 6.96. The minimum absolute atomic E-state index is 0.0929. The van der Waals surface area contributed by atoms with Crippen LogP contribution in [-0.2, 0) is 0 Å². The number of para-hydroxylation sites is 4. The van der Waals surface area contributed by atoms with E-state index >= 15 is 0 Å². The minimum Gasteiger partial charge on any atom is -0.458 e. The van der Waals surface area contributed by atoms with Crippen molar-refractivity contribution >= 4 is 104 Å². The Labute approximate surface area is 364 Å². The third-order valence-electron chi connectivity index (χ3n) is 13.7. The lowest BCUT2D eigenvalue weighted by Gasteiger charge is -2.44. The van der Waals surface area contributed by atoms with E-state index in [4.69, 9.17) is 23.9 Å². The summed E-state index contributed by atoms with van der Waals surface area (Å²) in [6, 6.07) is 61.9. The molecule has 0 fully saturated rings. The number of aromatic nitrogens is 1. The normalized spacial score (nSPS) is 14.4. The molecule has 0 aliphatic carbocycles. The fourth-order valence-electron chi connectivity index (χ4n) is 11.2. The number of hydrogen-bond acceptors (Lipinski definition) is 7. The topological polar surface area (TPSA) is 56.3 Å². The van der Waals surface area contributed by atoms with Crippen LogP contribution in [0.4, 0.5) is 34.3 Å². The van der Waals surface area contributed by atoms with Gasteiger partial charge in [0.2, 0.25) is 0 Å². The lowest BCUT2D eigenvalue weighted by molar-refractivity contribution is 0.464. The van der Waals surface area contributed by atoms with Gasteiger partial charge in [-0.15, -0.1) is 0 Å². The van der Waals surface area contributed by atoms with Crippen molar-refractivity contribution in [3.05, 3.63) is 182 Å². The first-order valence-corrected chi connectivity index (χ1v) is 21.5. The number of ether oxygens (including phenoxy) is 4. The molecule has 7 nitrogen and oxygen atoms in total. The average molecular weight is 805 g/mol. The number of pyridine rings is 1. The van der Waals surface area contributed by atoms with Crippen molar-refractivity contribution in [2.45, 2.75) is 0 Å². The van der Waals surface area contributed by atoms with E-state index in [2.05, 4.69) is 161 Å². The maximum atomic E-state index is 6.96. The van der Waals surface area contributed by atoms with Gasteiger partial charge in [0.15, 0.2) is 0 Å². The van der Waals surface area contributed by atoms with Crippen LogP contribution >= 0.6 is 0 Å². The van der Waals surface area contributed by atoms with Gasteiger partial charge < -0.3 is 23.8 Å². The minimum atomic E-state index is -0.206. The SMILES string of the molecule is c1ccc(N2c3cc4c(cc3B3c5cc6c(cc5N(c5ccccc5)c5nccc2c53)Oc2cccc3c2B6c2ccccc2O3)B2c3ccccc3Oc3cccc(c32)O4)cc1. The van der Waals surface area contributed by atoms with Gasteiger partial charge in [-0.1, -0.05) is 97.1 Å². The molecule has 15 rings (SSSR count). The van der Waals surface area contributed by atoms with Crippen LogP contribution in [0.1, 0.15) is 0 Å². The molecule has 8 aromatic carbocycles. The Morgan fingerprint density at radius 2 is 0.746 bits per heavy atom. The van der Waals surface area contributed by atoms with Crippen molar-refractivity contribution in [3.8, 4) is 46.0 Å². The molecule has 0 bridgehead atoms. The van der Waals surface area contributed by atoms with Crippen LogP contribution < -0.4 is 77.9 Å². The molecule has 0 amide bonds. The van der Waals surface area contributed by atoms with Crippen molar-refractivity contribution in [2.75, 3.05) is 9.80 Å². The Balaban J connectivity index is 1.04. The maximum Gasteiger partial charge on any atom is 0.260 e. The Hall–Kier alpha value is -8.10. The van der Waals surface area contributed by atoms with Gasteiger partial charge in [-0.05, 0) is 105 Å². The molecule has 290 valence electrons. The summed E-state index contributed by atoms with van der Waals surface area (Å²) in [5.74, 6) is 7.56. The van der Waals surface area contributed by atoms with Crippen molar-refractivity contribution < 1.29 is 18.9 Å². The fraction of sp³-hybridized carbons (Fsp3) is 0. The fourth-order valence-corrected chi connectivity index (χ4v) is 11.2. The van der Waals surface area contributed by atoms with E-state index in [0.29, 0.717) is 0 Å². The molecule has 0 N–H and O–H groups in total. The molecule has 0 saturated heterocycles. The molecule has 0 saturated carbocycles. The van der Waals surface area contributed by atoms with E-state index in [0.717, 1.165) is 118 Å². The summed E-state index contributed by atoms with van der Waals surface area (Å²) in [6.07, 6.45) is 1.95. The molecule has 0 unspecified atom stereocenters. The zero-order chi connectivity index (χ0) is 40.9. The van der Waals surface area contributed by atoms with Gasteiger partial charge in [0.05, 0.1) is 0 Å². The van der Waals surface area contributed by atoms with Gasteiger partial charge >= 0.3 is 0 Å². The third-order valence-corrected chi connectivity index (χ3v) is 13.7. The first-order chi connectivity index (χ1) is 31.2. The number of nitrogens with zero attached hydrogens (tertiary/aromatic N) is 3. The van der Waals surface area contributed by atoms with E-state index in [9.17, 15) is 0 Å². The molecule has 7 heterocycles. The molecule has 6 aliphatic rings. The summed E-state index contributed by atoms with van der Waals surface area (Å²) in [6.45, 7) is -0.392. The quantitative estimate of drug-likeness (QED) is 0.182. The van der Waals surface area contributed by atoms with Gasteiger partial charge in [0, 0.05) is 57.7 Å². The number of anilines is 6. The Morgan fingerprint density at radius 3 is 1.29 bits per heavy atom. The summed E-state index contributed by atoms with van der Waals surface area (Å²) in [5, 5.41) is 0. The zero-order valence-electron chi connectivity index (χ0n) is 33.5. The molecule has 10 heteroatoms. The van der Waals surface area contributed by atoms with E-state index < -0.39 is 0 Å². The second kappa shape index (κ2) is 12.3. The molecule has 63 heavy (non-hydrogen) atoms. The highest BCUT2D eigenvalue weighted by molar-refractivity contribution is 7.03. The Morgan fingerprint density at radius 1 is 0.317 bits per heavy atom. The molecule has 6 aliphatic heterocycles. The van der Waals surface area contributed by atoms with Crippen LogP contribution in [0.15, 0.2) is 182 Å². The second-order valence-electron chi connectivity index (χ2n) is 16.9. The molecular weight excluding hydrogens is 775 g/mol. The molecule has 0 spiro atoms. The van der Waals surface area contributed by atoms with E-state index in [1.54, 1.807) is 0 Å².